The van der Waals surface area contributed by atoms with E-state index in [1.807, 2.05) is 17.4 Å². The van der Waals surface area contributed by atoms with Crippen LogP contribution in [-0.4, -0.2) is 0 Å². The zero-order valence-electron chi connectivity index (χ0n) is 35.0. The molecular weight excluding hydrogens is 811 g/mol. The van der Waals surface area contributed by atoms with Crippen molar-refractivity contribution < 1.29 is 9.47 Å². The molecule has 14 rings (SSSR count). The predicted molar refractivity (Wildman–Crippen MR) is 268 cm³/mol. The molecule has 0 bridgehead atoms. The van der Waals surface area contributed by atoms with Crippen molar-refractivity contribution in [2.24, 2.45) is 0 Å². The highest BCUT2D eigenvalue weighted by molar-refractivity contribution is 7.25. The zero-order valence-corrected chi connectivity index (χ0v) is 35.9. The van der Waals surface area contributed by atoms with E-state index in [0.29, 0.717) is 23.0 Å². The number of fused-ring (bicyclic) bond motifs is 15. The summed E-state index contributed by atoms with van der Waals surface area (Å²) in [6, 6.07) is 81.0. The van der Waals surface area contributed by atoms with Crippen molar-refractivity contribution in [2.45, 2.75) is 5.41 Å². The van der Waals surface area contributed by atoms with Gasteiger partial charge in [0.2, 0.25) is 0 Å². The molecule has 2 aliphatic carbocycles. The van der Waals surface area contributed by atoms with Crippen LogP contribution < -0.4 is 14.4 Å². The molecule has 0 atom stereocenters. The first-order valence-corrected chi connectivity index (χ1v) is 23.0. The van der Waals surface area contributed by atoms with E-state index in [1.54, 1.807) is 0 Å². The maximum Gasteiger partial charge on any atom is 0.194 e. The van der Waals surface area contributed by atoms with E-state index in [2.05, 4.69) is 223 Å². The van der Waals surface area contributed by atoms with Gasteiger partial charge in [-0.25, -0.2) is 0 Å². The van der Waals surface area contributed by atoms with Crippen LogP contribution in [0.2, 0.25) is 0 Å². The summed E-state index contributed by atoms with van der Waals surface area (Å²) >= 11 is 1.85. The number of nitrogens with zero attached hydrogens (tertiary/aromatic N) is 1. The summed E-state index contributed by atoms with van der Waals surface area (Å²) < 4.78 is 16.8. The fraction of sp³-hybridized carbons (Fsp3) is 0.0164. The number of thiophene rings is 1. The molecule has 3 nitrogen and oxygen atoms in total. The van der Waals surface area contributed by atoms with Gasteiger partial charge in [0.1, 0.15) is 0 Å². The minimum atomic E-state index is -0.474. The van der Waals surface area contributed by atoms with Crippen LogP contribution in [0.15, 0.2) is 224 Å². The third-order valence-electron chi connectivity index (χ3n) is 13.8. The smallest absolute Gasteiger partial charge is 0.194 e. The molecule has 0 saturated heterocycles. The van der Waals surface area contributed by atoms with E-state index in [4.69, 9.17) is 9.47 Å². The Balaban J connectivity index is 0.892. The first-order valence-electron chi connectivity index (χ1n) is 22.1. The summed E-state index contributed by atoms with van der Waals surface area (Å²) in [7, 11) is 0. The molecule has 65 heavy (non-hydrogen) atoms. The van der Waals surface area contributed by atoms with E-state index in [-0.39, 0.29) is 0 Å². The molecule has 11 aromatic rings. The Morgan fingerprint density at radius 1 is 0.338 bits per heavy atom. The Morgan fingerprint density at radius 3 is 1.57 bits per heavy atom. The monoisotopic (exact) mass is 847 g/mol. The molecule has 0 amide bonds. The number of para-hydroxylation sites is 1. The molecule has 3 aliphatic rings. The van der Waals surface area contributed by atoms with E-state index < -0.39 is 5.41 Å². The molecule has 0 N–H and O–H groups in total. The van der Waals surface area contributed by atoms with Gasteiger partial charge in [0.15, 0.2) is 23.0 Å². The SMILES string of the molecule is c1ccc(-c2ccc(N(c3ccc(-c4ccc5c(c4)sc4ccccc45)cc3)c3cccc4c3Oc3cc5c(cc3O4)C3(c4ccccc4-c4ccccc43)c3ccccc3-5)cc2)cc1. The Bertz CT molecular complexity index is 3670. The first-order chi connectivity index (χ1) is 32.2. The van der Waals surface area contributed by atoms with Gasteiger partial charge >= 0.3 is 0 Å². The molecule has 1 aromatic heterocycles. The van der Waals surface area contributed by atoms with E-state index in [0.717, 1.165) is 33.8 Å². The van der Waals surface area contributed by atoms with Crippen LogP contribution in [0.3, 0.4) is 0 Å². The molecule has 10 aromatic carbocycles. The van der Waals surface area contributed by atoms with Gasteiger partial charge in [-0.3, -0.25) is 0 Å². The highest BCUT2D eigenvalue weighted by Crippen LogP contribution is 2.65. The summed E-state index contributed by atoms with van der Waals surface area (Å²) in [6.07, 6.45) is 0. The van der Waals surface area contributed by atoms with Crippen molar-refractivity contribution >= 4 is 48.6 Å². The number of rotatable bonds is 5. The highest BCUT2D eigenvalue weighted by Gasteiger charge is 2.52. The molecule has 1 spiro atoms. The van der Waals surface area contributed by atoms with Gasteiger partial charge in [0.25, 0.3) is 0 Å². The summed E-state index contributed by atoms with van der Waals surface area (Å²) in [5, 5.41) is 2.61. The van der Waals surface area contributed by atoms with Crippen LogP contribution in [0.25, 0.3) is 64.7 Å². The van der Waals surface area contributed by atoms with Crippen LogP contribution in [0.4, 0.5) is 17.1 Å². The lowest BCUT2D eigenvalue weighted by atomic mass is 9.70. The molecule has 2 heterocycles. The fourth-order valence-corrected chi connectivity index (χ4v) is 12.1. The fourth-order valence-electron chi connectivity index (χ4n) is 10.9. The highest BCUT2D eigenvalue weighted by atomic mass is 32.1. The second kappa shape index (κ2) is 13.9. The third kappa shape index (κ3) is 5.29. The molecule has 304 valence electrons. The minimum Gasteiger partial charge on any atom is -0.449 e. The van der Waals surface area contributed by atoms with Gasteiger partial charge in [0.05, 0.1) is 11.1 Å². The largest absolute Gasteiger partial charge is 0.449 e. The zero-order chi connectivity index (χ0) is 42.6. The van der Waals surface area contributed by atoms with Crippen LogP contribution in [0, 0.1) is 0 Å². The van der Waals surface area contributed by atoms with Crippen molar-refractivity contribution in [3.8, 4) is 67.5 Å². The third-order valence-corrected chi connectivity index (χ3v) is 14.9. The Labute approximate surface area is 380 Å². The average Bonchev–Trinajstić information content (AvgIpc) is 3.99. The van der Waals surface area contributed by atoms with Crippen LogP contribution in [0.5, 0.6) is 23.0 Å². The van der Waals surface area contributed by atoms with Gasteiger partial charge in [-0.2, -0.15) is 0 Å². The summed E-state index contributed by atoms with van der Waals surface area (Å²) in [5.41, 5.74) is 17.1. The predicted octanol–water partition coefficient (Wildman–Crippen LogP) is 17.1. The second-order valence-corrected chi connectivity index (χ2v) is 18.2. The lowest BCUT2D eigenvalue weighted by Crippen LogP contribution is -2.25. The van der Waals surface area contributed by atoms with Crippen molar-refractivity contribution in [3.63, 3.8) is 0 Å². The molecule has 1 aliphatic heterocycles. The van der Waals surface area contributed by atoms with Gasteiger partial charge < -0.3 is 14.4 Å². The van der Waals surface area contributed by atoms with Gasteiger partial charge in [-0.1, -0.05) is 164 Å². The molecule has 0 unspecified atom stereocenters. The van der Waals surface area contributed by atoms with Crippen molar-refractivity contribution in [1.29, 1.82) is 0 Å². The summed E-state index contributed by atoms with van der Waals surface area (Å²) in [5.74, 6) is 2.75. The topological polar surface area (TPSA) is 21.7 Å². The second-order valence-electron chi connectivity index (χ2n) is 17.1. The van der Waals surface area contributed by atoms with Crippen molar-refractivity contribution in [1.82, 2.24) is 0 Å². The van der Waals surface area contributed by atoms with E-state index in [9.17, 15) is 0 Å². The molecule has 0 saturated carbocycles. The quantitative estimate of drug-likeness (QED) is 0.172. The first kappa shape index (κ1) is 36.3. The normalized spacial score (nSPS) is 13.3. The van der Waals surface area contributed by atoms with Gasteiger partial charge in [-0.05, 0) is 127 Å². The number of ether oxygens (including phenoxy) is 2. The van der Waals surface area contributed by atoms with Crippen LogP contribution in [0.1, 0.15) is 22.3 Å². The lowest BCUT2D eigenvalue weighted by Gasteiger charge is -2.32. The van der Waals surface area contributed by atoms with Crippen molar-refractivity contribution in [2.75, 3.05) is 4.90 Å². The maximum absolute atomic E-state index is 7.15. The average molecular weight is 848 g/mol. The Hall–Kier alpha value is -8.18. The van der Waals surface area contributed by atoms with Gasteiger partial charge in [0, 0.05) is 31.5 Å². The molecule has 0 fully saturated rings. The van der Waals surface area contributed by atoms with Crippen LogP contribution >= 0.6 is 11.3 Å². The maximum atomic E-state index is 7.15. The van der Waals surface area contributed by atoms with Crippen molar-refractivity contribution in [3.05, 3.63) is 247 Å². The molecule has 0 radical (unpaired) electrons. The molecule has 4 heteroatoms. The van der Waals surface area contributed by atoms with Crippen LogP contribution in [-0.2, 0) is 5.41 Å². The lowest BCUT2D eigenvalue weighted by molar-refractivity contribution is 0.360. The Morgan fingerprint density at radius 2 is 0.877 bits per heavy atom. The summed E-state index contributed by atoms with van der Waals surface area (Å²) in [4.78, 5) is 2.28. The Kier molecular flexibility index (Phi) is 7.77. The number of benzene rings is 10. The number of anilines is 3. The number of hydrogen-bond donors (Lipinski definition) is 0. The summed E-state index contributed by atoms with van der Waals surface area (Å²) in [6.45, 7) is 0. The minimum absolute atomic E-state index is 0.474. The van der Waals surface area contributed by atoms with E-state index in [1.165, 1.54) is 70.2 Å². The van der Waals surface area contributed by atoms with Gasteiger partial charge in [-0.15, -0.1) is 11.3 Å². The standard InChI is InChI=1S/C61H37NO2S/c1-2-13-38(14-3-1)39-25-30-42(31-26-39)62(43-32-27-40(28-33-43)41-29-34-48-47-18-7-11-24-58(47)65-59(48)35-41)54-22-12-23-55-60(54)64-56-36-49-46-17-6-10-21-52(46)61(53(49)37-57(56)63-55)50-19-8-4-15-44(50)45-16-5-9-20-51(45)61/h1-37H. The number of hydrogen-bond acceptors (Lipinski definition) is 4. The van der Waals surface area contributed by atoms with E-state index >= 15 is 0 Å². The molecular formula is C61H37NO2S.